The van der Waals surface area contributed by atoms with E-state index in [1.54, 1.807) is 6.92 Å². The topological polar surface area (TPSA) is 69.6 Å². The van der Waals surface area contributed by atoms with Crippen LogP contribution in [0.15, 0.2) is 18.2 Å². The molecule has 0 radical (unpaired) electrons. The first-order chi connectivity index (χ1) is 8.52. The first kappa shape index (κ1) is 12.3. The second-order valence-corrected chi connectivity index (χ2v) is 4.10. The molecule has 0 bridgehead atoms. The maximum absolute atomic E-state index is 13.9. The molecule has 1 aliphatic rings. The van der Waals surface area contributed by atoms with Gasteiger partial charge in [-0.15, -0.1) is 0 Å². The molecule has 2 rings (SSSR count). The van der Waals surface area contributed by atoms with E-state index in [2.05, 4.69) is 5.32 Å². The van der Waals surface area contributed by atoms with E-state index in [-0.39, 0.29) is 17.2 Å². The number of anilines is 1. The Balaban J connectivity index is 2.49. The quantitative estimate of drug-likeness (QED) is 0.818. The lowest BCUT2D eigenvalue weighted by Gasteiger charge is -2.35. The highest BCUT2D eigenvalue weighted by molar-refractivity contribution is 5.96. The van der Waals surface area contributed by atoms with Crippen LogP contribution < -0.4 is 10.2 Å². The van der Waals surface area contributed by atoms with Crippen LogP contribution in [0.3, 0.4) is 0 Å². The number of benzene rings is 1. The molecule has 0 saturated carbocycles. The van der Waals surface area contributed by atoms with Gasteiger partial charge in [-0.1, -0.05) is 6.07 Å². The largest absolute Gasteiger partial charge is 0.478 e. The van der Waals surface area contributed by atoms with Crippen molar-refractivity contribution in [3.63, 3.8) is 0 Å². The van der Waals surface area contributed by atoms with Crippen molar-refractivity contribution in [2.75, 3.05) is 18.0 Å². The Hall–Kier alpha value is -2.11. The Kier molecular flexibility index (Phi) is 3.18. The lowest BCUT2D eigenvalue weighted by molar-refractivity contribution is -0.122. The summed E-state index contributed by atoms with van der Waals surface area (Å²) in [6.45, 7) is 2.37. The fraction of sp³-hybridized carbons (Fsp3) is 0.333. The minimum Gasteiger partial charge on any atom is -0.478 e. The van der Waals surface area contributed by atoms with Crippen LogP contribution in [0.2, 0.25) is 0 Å². The van der Waals surface area contributed by atoms with Gasteiger partial charge in [0.1, 0.15) is 11.9 Å². The van der Waals surface area contributed by atoms with Gasteiger partial charge in [-0.2, -0.15) is 0 Å². The number of carboxylic acids is 1. The van der Waals surface area contributed by atoms with E-state index >= 15 is 0 Å². The summed E-state index contributed by atoms with van der Waals surface area (Å²) in [7, 11) is 0. The molecule has 18 heavy (non-hydrogen) atoms. The molecule has 1 saturated heterocycles. The number of hydrogen-bond acceptors (Lipinski definition) is 3. The first-order valence-corrected chi connectivity index (χ1v) is 5.58. The third kappa shape index (κ3) is 2.01. The SMILES string of the molecule is CC1C(=O)NCCN1c1c(F)cccc1C(=O)O. The predicted octanol–water partition coefficient (Wildman–Crippen LogP) is 0.849. The van der Waals surface area contributed by atoms with Crippen LogP contribution >= 0.6 is 0 Å². The number of carbonyl (C=O) groups excluding carboxylic acids is 1. The Bertz CT molecular complexity index is 504. The van der Waals surface area contributed by atoms with E-state index in [0.717, 1.165) is 0 Å². The van der Waals surface area contributed by atoms with Crippen LogP contribution in [0.1, 0.15) is 17.3 Å². The Morgan fingerprint density at radius 2 is 2.28 bits per heavy atom. The van der Waals surface area contributed by atoms with Crippen molar-refractivity contribution in [3.8, 4) is 0 Å². The average molecular weight is 252 g/mol. The second kappa shape index (κ2) is 4.64. The third-order valence-electron chi connectivity index (χ3n) is 3.00. The lowest BCUT2D eigenvalue weighted by atomic mass is 10.1. The minimum absolute atomic E-state index is 0.0210. The molecule has 6 heteroatoms. The first-order valence-electron chi connectivity index (χ1n) is 5.58. The number of halogens is 1. The molecule has 1 aromatic rings. The summed E-state index contributed by atoms with van der Waals surface area (Å²) in [6.07, 6.45) is 0. The molecular formula is C12H13FN2O3. The summed E-state index contributed by atoms with van der Waals surface area (Å²) in [5, 5.41) is 11.7. The summed E-state index contributed by atoms with van der Waals surface area (Å²) in [5.74, 6) is -2.07. The standard InChI is InChI=1S/C12H13FN2O3/c1-7-11(16)14-5-6-15(7)10-8(12(17)18)3-2-4-9(10)13/h2-4,7H,5-6H2,1H3,(H,14,16)(H,17,18). The van der Waals surface area contributed by atoms with E-state index in [4.69, 9.17) is 5.11 Å². The van der Waals surface area contributed by atoms with Gasteiger partial charge < -0.3 is 15.3 Å². The van der Waals surface area contributed by atoms with Crippen LogP contribution in [-0.4, -0.2) is 36.1 Å². The monoisotopic (exact) mass is 252 g/mol. The number of carboxylic acid groups (broad SMARTS) is 1. The van der Waals surface area contributed by atoms with E-state index < -0.39 is 17.8 Å². The smallest absolute Gasteiger partial charge is 0.337 e. The second-order valence-electron chi connectivity index (χ2n) is 4.10. The Labute approximate surface area is 103 Å². The van der Waals surface area contributed by atoms with Crippen molar-refractivity contribution >= 4 is 17.6 Å². The van der Waals surface area contributed by atoms with Crippen LogP contribution in [0, 0.1) is 5.82 Å². The number of nitrogens with zero attached hydrogens (tertiary/aromatic N) is 1. The highest BCUT2D eigenvalue weighted by Gasteiger charge is 2.30. The van der Waals surface area contributed by atoms with Gasteiger partial charge in [-0.25, -0.2) is 9.18 Å². The van der Waals surface area contributed by atoms with Gasteiger partial charge in [0.2, 0.25) is 5.91 Å². The van der Waals surface area contributed by atoms with E-state index in [1.807, 2.05) is 0 Å². The van der Waals surface area contributed by atoms with Gasteiger partial charge in [0.15, 0.2) is 0 Å². The molecule has 0 aromatic heterocycles. The van der Waals surface area contributed by atoms with Gasteiger partial charge in [0.05, 0.1) is 11.3 Å². The number of piperazine rings is 1. The lowest BCUT2D eigenvalue weighted by Crippen LogP contribution is -2.54. The molecule has 5 nitrogen and oxygen atoms in total. The van der Waals surface area contributed by atoms with Crippen molar-refractivity contribution in [3.05, 3.63) is 29.6 Å². The third-order valence-corrected chi connectivity index (χ3v) is 3.00. The number of aromatic carboxylic acids is 1. The maximum Gasteiger partial charge on any atom is 0.337 e. The molecule has 0 spiro atoms. The molecule has 1 atom stereocenters. The van der Waals surface area contributed by atoms with Crippen molar-refractivity contribution in [2.45, 2.75) is 13.0 Å². The van der Waals surface area contributed by atoms with Crippen molar-refractivity contribution in [2.24, 2.45) is 0 Å². The zero-order valence-electron chi connectivity index (χ0n) is 9.81. The van der Waals surface area contributed by atoms with E-state index in [1.165, 1.54) is 23.1 Å². The van der Waals surface area contributed by atoms with Gasteiger partial charge in [-0.05, 0) is 19.1 Å². The predicted molar refractivity (Wildman–Crippen MR) is 63.2 cm³/mol. The van der Waals surface area contributed by atoms with Gasteiger partial charge in [0.25, 0.3) is 0 Å². The summed E-state index contributed by atoms with van der Waals surface area (Å²) in [5.41, 5.74) is -0.149. The molecule has 2 N–H and O–H groups in total. The highest BCUT2D eigenvalue weighted by Crippen LogP contribution is 2.27. The molecule has 96 valence electrons. The fourth-order valence-electron chi connectivity index (χ4n) is 2.07. The molecule has 1 aromatic carbocycles. The van der Waals surface area contributed by atoms with Crippen molar-refractivity contribution < 1.29 is 19.1 Å². The van der Waals surface area contributed by atoms with Crippen molar-refractivity contribution in [1.82, 2.24) is 5.32 Å². The van der Waals surface area contributed by atoms with Crippen LogP contribution in [0.4, 0.5) is 10.1 Å². The van der Waals surface area contributed by atoms with Crippen LogP contribution in [0.25, 0.3) is 0 Å². The zero-order valence-corrected chi connectivity index (χ0v) is 9.81. The summed E-state index contributed by atoms with van der Waals surface area (Å²) in [6, 6.07) is 3.28. The Morgan fingerprint density at radius 1 is 1.56 bits per heavy atom. The van der Waals surface area contributed by atoms with Gasteiger partial charge in [-0.3, -0.25) is 4.79 Å². The van der Waals surface area contributed by atoms with Crippen LogP contribution in [-0.2, 0) is 4.79 Å². The molecule has 1 unspecified atom stereocenters. The van der Waals surface area contributed by atoms with Crippen molar-refractivity contribution in [1.29, 1.82) is 0 Å². The molecule has 0 aliphatic carbocycles. The zero-order chi connectivity index (χ0) is 13.3. The number of carbonyl (C=O) groups is 2. The molecule has 1 amide bonds. The number of hydrogen-bond donors (Lipinski definition) is 2. The highest BCUT2D eigenvalue weighted by atomic mass is 19.1. The molecule has 1 aliphatic heterocycles. The normalized spacial score (nSPS) is 19.6. The number of rotatable bonds is 2. The number of amides is 1. The molecule has 1 fully saturated rings. The van der Waals surface area contributed by atoms with E-state index in [9.17, 15) is 14.0 Å². The summed E-state index contributed by atoms with van der Waals surface area (Å²) >= 11 is 0. The average Bonchev–Trinajstić information content (AvgIpc) is 2.33. The number of nitrogens with one attached hydrogen (secondary N) is 1. The fourth-order valence-corrected chi connectivity index (χ4v) is 2.07. The van der Waals surface area contributed by atoms with Gasteiger partial charge in [0, 0.05) is 13.1 Å². The molecular weight excluding hydrogens is 239 g/mol. The van der Waals surface area contributed by atoms with E-state index in [0.29, 0.717) is 13.1 Å². The Morgan fingerprint density at radius 3 is 2.94 bits per heavy atom. The summed E-state index contributed by atoms with van der Waals surface area (Å²) in [4.78, 5) is 24.1. The minimum atomic E-state index is -1.21. The van der Waals surface area contributed by atoms with Crippen LogP contribution in [0.5, 0.6) is 0 Å². The maximum atomic E-state index is 13.9. The van der Waals surface area contributed by atoms with Gasteiger partial charge >= 0.3 is 5.97 Å². The number of para-hydroxylation sites is 1. The molecule has 1 heterocycles. The summed E-state index contributed by atoms with van der Waals surface area (Å²) < 4.78 is 13.9.